The summed E-state index contributed by atoms with van der Waals surface area (Å²) in [6, 6.07) is 13.9. The highest BCUT2D eigenvalue weighted by Crippen LogP contribution is 2.26. The molecule has 0 radical (unpaired) electrons. The highest BCUT2D eigenvalue weighted by Gasteiger charge is 2.15. The summed E-state index contributed by atoms with van der Waals surface area (Å²) in [7, 11) is 0. The van der Waals surface area contributed by atoms with E-state index in [0.29, 0.717) is 16.5 Å². The van der Waals surface area contributed by atoms with Crippen LogP contribution in [0.5, 0.6) is 0 Å². The van der Waals surface area contributed by atoms with Crippen molar-refractivity contribution in [3.63, 3.8) is 0 Å². The van der Waals surface area contributed by atoms with Crippen LogP contribution in [-0.4, -0.2) is 35.9 Å². The summed E-state index contributed by atoms with van der Waals surface area (Å²) >= 11 is 7.20. The molecule has 0 saturated heterocycles. The lowest BCUT2D eigenvalue weighted by atomic mass is 10.1. The number of rotatable bonds is 5. The summed E-state index contributed by atoms with van der Waals surface area (Å²) in [5, 5.41) is 16.5. The van der Waals surface area contributed by atoms with E-state index in [9.17, 15) is 9.18 Å². The highest BCUT2D eigenvalue weighted by molar-refractivity contribution is 7.99. The molecule has 7 nitrogen and oxygen atoms in total. The molecule has 0 bridgehead atoms. The van der Waals surface area contributed by atoms with E-state index in [1.807, 2.05) is 54.0 Å². The van der Waals surface area contributed by atoms with E-state index in [4.69, 9.17) is 11.6 Å². The molecular formula is C22H16ClFN6OS. The number of hydrogen-bond donors (Lipinski definition) is 1. The SMILES string of the molecule is Cc1ccc(-c2cc3c4nnc(SCC(=O)Nc5ccc(F)cc5Cl)n4ccn3n2)cc1. The average Bonchev–Trinajstić information content (AvgIpc) is 3.38. The van der Waals surface area contributed by atoms with Gasteiger partial charge >= 0.3 is 0 Å². The summed E-state index contributed by atoms with van der Waals surface area (Å²) in [4.78, 5) is 12.3. The maximum Gasteiger partial charge on any atom is 0.234 e. The second-order valence-electron chi connectivity index (χ2n) is 7.16. The fourth-order valence-corrected chi connectivity index (χ4v) is 4.19. The van der Waals surface area contributed by atoms with E-state index in [0.717, 1.165) is 22.8 Å². The molecule has 0 aliphatic heterocycles. The number of hydrogen-bond acceptors (Lipinski definition) is 5. The van der Waals surface area contributed by atoms with Crippen molar-refractivity contribution < 1.29 is 9.18 Å². The minimum absolute atomic E-state index is 0.0908. The van der Waals surface area contributed by atoms with Gasteiger partial charge in [0.05, 0.1) is 22.2 Å². The van der Waals surface area contributed by atoms with Crippen LogP contribution < -0.4 is 5.32 Å². The van der Waals surface area contributed by atoms with Crippen molar-refractivity contribution in [2.24, 2.45) is 0 Å². The van der Waals surface area contributed by atoms with Gasteiger partial charge in [0.2, 0.25) is 5.91 Å². The van der Waals surface area contributed by atoms with Crippen molar-refractivity contribution in [1.29, 1.82) is 0 Å². The van der Waals surface area contributed by atoms with Crippen LogP contribution in [0.4, 0.5) is 10.1 Å². The molecule has 10 heteroatoms. The summed E-state index contributed by atoms with van der Waals surface area (Å²) in [5.41, 5.74) is 4.85. The smallest absolute Gasteiger partial charge is 0.234 e. The lowest BCUT2D eigenvalue weighted by Gasteiger charge is -2.06. The predicted molar refractivity (Wildman–Crippen MR) is 123 cm³/mol. The van der Waals surface area contributed by atoms with Gasteiger partial charge in [0.25, 0.3) is 0 Å². The molecule has 3 heterocycles. The number of thioether (sulfide) groups is 1. The molecule has 5 aromatic rings. The second kappa shape index (κ2) is 8.25. The highest BCUT2D eigenvalue weighted by atomic mass is 35.5. The number of fused-ring (bicyclic) bond motifs is 3. The Labute approximate surface area is 191 Å². The monoisotopic (exact) mass is 466 g/mol. The zero-order valence-corrected chi connectivity index (χ0v) is 18.4. The zero-order chi connectivity index (χ0) is 22.2. The third-order valence-electron chi connectivity index (χ3n) is 4.87. The molecule has 1 amide bonds. The van der Waals surface area contributed by atoms with Gasteiger partial charge in [-0.15, -0.1) is 10.2 Å². The summed E-state index contributed by atoms with van der Waals surface area (Å²) in [6.07, 6.45) is 3.64. The van der Waals surface area contributed by atoms with Crippen molar-refractivity contribution in [3.05, 3.63) is 77.3 Å². The van der Waals surface area contributed by atoms with Crippen molar-refractivity contribution in [2.75, 3.05) is 11.1 Å². The first-order valence-electron chi connectivity index (χ1n) is 9.66. The molecule has 32 heavy (non-hydrogen) atoms. The van der Waals surface area contributed by atoms with Crippen molar-refractivity contribution in [3.8, 4) is 11.3 Å². The molecule has 160 valence electrons. The van der Waals surface area contributed by atoms with Crippen molar-refractivity contribution >= 4 is 46.1 Å². The number of carbonyl (C=O) groups is 1. The molecule has 2 aromatic carbocycles. The van der Waals surface area contributed by atoms with Gasteiger partial charge in [-0.2, -0.15) is 5.10 Å². The quantitative estimate of drug-likeness (QED) is 0.374. The van der Waals surface area contributed by atoms with Gasteiger partial charge in [0, 0.05) is 18.0 Å². The summed E-state index contributed by atoms with van der Waals surface area (Å²) < 4.78 is 16.7. The van der Waals surface area contributed by atoms with Gasteiger partial charge in [-0.3, -0.25) is 9.20 Å². The standard InChI is InChI=1S/C22H16ClFN6OS/c1-13-2-4-14(5-3-13)18-11-19-21-26-27-22(29(21)8-9-30(19)28-18)32-12-20(31)25-17-7-6-15(24)10-16(17)23/h2-11H,12H2,1H3,(H,25,31). The van der Waals surface area contributed by atoms with Gasteiger partial charge in [0.1, 0.15) is 11.3 Å². The molecule has 0 spiro atoms. The van der Waals surface area contributed by atoms with Gasteiger partial charge in [-0.05, 0) is 31.2 Å². The Hall–Kier alpha value is -3.43. The number of aryl methyl sites for hydroxylation is 1. The fraction of sp³-hybridized carbons (Fsp3) is 0.0909. The van der Waals surface area contributed by atoms with E-state index in [1.165, 1.54) is 29.5 Å². The van der Waals surface area contributed by atoms with Crippen LogP contribution >= 0.6 is 23.4 Å². The van der Waals surface area contributed by atoms with E-state index < -0.39 is 5.82 Å². The third kappa shape index (κ3) is 3.92. The summed E-state index contributed by atoms with van der Waals surface area (Å²) in [6.45, 7) is 2.04. The molecule has 0 aliphatic carbocycles. The molecule has 0 atom stereocenters. The number of nitrogens with one attached hydrogen (secondary N) is 1. The Morgan fingerprint density at radius 3 is 2.72 bits per heavy atom. The molecule has 0 unspecified atom stereocenters. The Morgan fingerprint density at radius 2 is 1.94 bits per heavy atom. The van der Waals surface area contributed by atoms with Crippen LogP contribution in [0.15, 0.2) is 66.1 Å². The lowest BCUT2D eigenvalue weighted by Crippen LogP contribution is -2.14. The molecule has 0 fully saturated rings. The molecule has 0 aliphatic rings. The fourth-order valence-electron chi connectivity index (χ4n) is 3.26. The average molecular weight is 467 g/mol. The number of amides is 1. The van der Waals surface area contributed by atoms with Gasteiger partial charge in [-0.25, -0.2) is 8.91 Å². The molecule has 3 aromatic heterocycles. The maximum absolute atomic E-state index is 13.2. The van der Waals surface area contributed by atoms with Gasteiger partial charge in [-0.1, -0.05) is 53.2 Å². The first kappa shape index (κ1) is 20.5. The largest absolute Gasteiger partial charge is 0.324 e. The number of halogens is 2. The van der Waals surface area contributed by atoms with E-state index in [2.05, 4.69) is 20.6 Å². The number of anilines is 1. The number of nitrogens with zero attached hydrogens (tertiary/aromatic N) is 5. The van der Waals surface area contributed by atoms with Crippen LogP contribution in [0.1, 0.15) is 5.56 Å². The van der Waals surface area contributed by atoms with Crippen LogP contribution in [0.2, 0.25) is 5.02 Å². The maximum atomic E-state index is 13.2. The molecule has 1 N–H and O–H groups in total. The molecular weight excluding hydrogens is 451 g/mol. The van der Waals surface area contributed by atoms with Crippen LogP contribution in [0.25, 0.3) is 22.4 Å². The van der Waals surface area contributed by atoms with Gasteiger partial charge < -0.3 is 5.32 Å². The first-order chi connectivity index (χ1) is 15.5. The topological polar surface area (TPSA) is 76.6 Å². The second-order valence-corrected chi connectivity index (χ2v) is 8.51. The number of benzene rings is 2. The minimum atomic E-state index is -0.464. The van der Waals surface area contributed by atoms with Gasteiger partial charge in [0.15, 0.2) is 10.8 Å². The van der Waals surface area contributed by atoms with E-state index in [-0.39, 0.29) is 16.7 Å². The molecule has 0 saturated carbocycles. The lowest BCUT2D eigenvalue weighted by molar-refractivity contribution is -0.113. The van der Waals surface area contributed by atoms with E-state index >= 15 is 0 Å². The summed E-state index contributed by atoms with van der Waals surface area (Å²) in [5.74, 6) is -0.658. The normalized spacial score (nSPS) is 11.3. The number of aromatic nitrogens is 5. The Morgan fingerprint density at radius 1 is 1.12 bits per heavy atom. The van der Waals surface area contributed by atoms with Crippen molar-refractivity contribution in [1.82, 2.24) is 24.2 Å². The minimum Gasteiger partial charge on any atom is -0.324 e. The first-order valence-corrected chi connectivity index (χ1v) is 11.0. The molecule has 5 rings (SSSR count). The predicted octanol–water partition coefficient (Wildman–Crippen LogP) is 4.88. The zero-order valence-electron chi connectivity index (χ0n) is 16.8. The van der Waals surface area contributed by atoms with Crippen LogP contribution in [0.3, 0.4) is 0 Å². The Kier molecular flexibility index (Phi) is 5.28. The Balaban J connectivity index is 1.36. The third-order valence-corrected chi connectivity index (χ3v) is 6.13. The van der Waals surface area contributed by atoms with E-state index in [1.54, 1.807) is 4.52 Å². The Bertz CT molecular complexity index is 1460. The van der Waals surface area contributed by atoms with Crippen LogP contribution in [-0.2, 0) is 4.79 Å². The van der Waals surface area contributed by atoms with Crippen LogP contribution in [0, 0.1) is 12.7 Å². The van der Waals surface area contributed by atoms with Crippen molar-refractivity contribution in [2.45, 2.75) is 12.1 Å². The number of carbonyl (C=O) groups excluding carboxylic acids is 1.